The molecule has 0 bridgehead atoms. The fourth-order valence-corrected chi connectivity index (χ4v) is 2.99. The molecule has 3 heteroatoms. The first-order chi connectivity index (χ1) is 5.95. The van der Waals surface area contributed by atoms with E-state index in [4.69, 9.17) is 4.84 Å². The van der Waals surface area contributed by atoms with Gasteiger partial charge >= 0.3 is 0 Å². The first kappa shape index (κ1) is 7.30. The molecule has 3 saturated heterocycles. The highest BCUT2D eigenvalue weighted by atomic mass is 16.7. The van der Waals surface area contributed by atoms with Crippen LogP contribution >= 0.6 is 0 Å². The molecule has 3 nitrogen and oxygen atoms in total. The summed E-state index contributed by atoms with van der Waals surface area (Å²) < 4.78 is 0. The number of hydrogen-bond acceptors (Lipinski definition) is 3. The molecule has 3 heterocycles. The second-order valence-corrected chi connectivity index (χ2v) is 4.26. The lowest BCUT2D eigenvalue weighted by Crippen LogP contribution is -2.38. The summed E-state index contributed by atoms with van der Waals surface area (Å²) in [5.74, 6) is 0.783. The Morgan fingerprint density at radius 1 is 1.33 bits per heavy atom. The normalized spacial score (nSPS) is 47.5. The van der Waals surface area contributed by atoms with Crippen LogP contribution in [0.1, 0.15) is 19.3 Å². The topological polar surface area (TPSA) is 24.5 Å². The lowest BCUT2D eigenvalue weighted by molar-refractivity contribution is 0.0546. The predicted octanol–water partition coefficient (Wildman–Crippen LogP) is 0.374. The third kappa shape index (κ3) is 0.934. The van der Waals surface area contributed by atoms with Crippen LogP contribution in [-0.2, 0) is 4.84 Å². The third-order valence-corrected chi connectivity index (χ3v) is 3.62. The number of hydrogen-bond donors (Lipinski definition) is 1. The van der Waals surface area contributed by atoms with Gasteiger partial charge in [-0.15, -0.1) is 0 Å². The molecule has 0 aliphatic carbocycles. The number of nitrogens with zero attached hydrogens (tertiary/aromatic N) is 1. The number of nitrogens with one attached hydrogen (secondary N) is 1. The highest BCUT2D eigenvalue weighted by molar-refractivity contribution is 4.99. The van der Waals surface area contributed by atoms with Crippen molar-refractivity contribution in [2.45, 2.75) is 31.3 Å². The summed E-state index contributed by atoms with van der Waals surface area (Å²) in [6.45, 7) is 3.47. The second kappa shape index (κ2) is 2.69. The van der Waals surface area contributed by atoms with E-state index in [-0.39, 0.29) is 0 Å². The molecule has 0 unspecified atom stereocenters. The zero-order chi connectivity index (χ0) is 7.97. The molecule has 3 aliphatic rings. The van der Waals surface area contributed by atoms with Crippen LogP contribution in [0.3, 0.4) is 0 Å². The molecule has 3 fully saturated rings. The second-order valence-electron chi connectivity index (χ2n) is 4.26. The van der Waals surface area contributed by atoms with Gasteiger partial charge in [-0.2, -0.15) is 5.48 Å². The Balaban J connectivity index is 1.79. The monoisotopic (exact) mass is 168 g/mol. The van der Waals surface area contributed by atoms with Gasteiger partial charge in [0.2, 0.25) is 0 Å². The smallest absolute Gasteiger partial charge is 0.0741 e. The summed E-state index contributed by atoms with van der Waals surface area (Å²) >= 11 is 0. The fourth-order valence-electron chi connectivity index (χ4n) is 2.99. The van der Waals surface area contributed by atoms with E-state index in [0.717, 1.165) is 18.6 Å². The van der Waals surface area contributed by atoms with Gasteiger partial charge in [-0.25, -0.2) is 0 Å². The van der Waals surface area contributed by atoms with E-state index in [2.05, 4.69) is 10.4 Å². The van der Waals surface area contributed by atoms with Crippen LogP contribution in [-0.4, -0.2) is 36.7 Å². The average molecular weight is 168 g/mol. The molecule has 0 saturated carbocycles. The van der Waals surface area contributed by atoms with Crippen molar-refractivity contribution in [2.24, 2.45) is 5.92 Å². The maximum absolute atomic E-state index is 5.28. The number of rotatable bonds is 0. The van der Waals surface area contributed by atoms with Crippen molar-refractivity contribution in [1.29, 1.82) is 0 Å². The first-order valence-electron chi connectivity index (χ1n) is 5.06. The molecule has 0 radical (unpaired) electrons. The largest absolute Gasteiger partial charge is 0.301 e. The van der Waals surface area contributed by atoms with Gasteiger partial charge in [0.15, 0.2) is 0 Å². The maximum Gasteiger partial charge on any atom is 0.0741 e. The van der Waals surface area contributed by atoms with Gasteiger partial charge in [0, 0.05) is 18.5 Å². The molecule has 1 N–H and O–H groups in total. The SMILES string of the molecule is C1CCN2C[C@@H]3NOC[C@@H]3[C@H]2C1. The average Bonchev–Trinajstić information content (AvgIpc) is 2.62. The lowest BCUT2D eigenvalue weighted by Gasteiger charge is -2.31. The third-order valence-electron chi connectivity index (χ3n) is 3.62. The van der Waals surface area contributed by atoms with E-state index < -0.39 is 0 Å². The molecular weight excluding hydrogens is 152 g/mol. The number of piperidine rings is 1. The quantitative estimate of drug-likeness (QED) is 0.565. The summed E-state index contributed by atoms with van der Waals surface area (Å²) in [5.41, 5.74) is 3.13. The van der Waals surface area contributed by atoms with E-state index in [1.807, 2.05) is 0 Å². The van der Waals surface area contributed by atoms with Crippen LogP contribution in [0.15, 0.2) is 0 Å². The summed E-state index contributed by atoms with van der Waals surface area (Å²) in [5, 5.41) is 0. The maximum atomic E-state index is 5.28. The van der Waals surface area contributed by atoms with Gasteiger partial charge in [-0.1, -0.05) is 6.42 Å². The van der Waals surface area contributed by atoms with Crippen molar-refractivity contribution < 1.29 is 4.84 Å². The van der Waals surface area contributed by atoms with Crippen molar-refractivity contribution in [3.63, 3.8) is 0 Å². The van der Waals surface area contributed by atoms with Gasteiger partial charge in [0.1, 0.15) is 0 Å². The van der Waals surface area contributed by atoms with Gasteiger partial charge in [-0.05, 0) is 19.4 Å². The Morgan fingerprint density at radius 2 is 2.33 bits per heavy atom. The molecule has 3 rings (SSSR count). The highest BCUT2D eigenvalue weighted by Gasteiger charge is 2.45. The molecular formula is C9H16N2O. The van der Waals surface area contributed by atoms with Crippen LogP contribution in [0.4, 0.5) is 0 Å². The summed E-state index contributed by atoms with van der Waals surface area (Å²) in [7, 11) is 0. The Bertz CT molecular complexity index is 185. The zero-order valence-electron chi connectivity index (χ0n) is 7.33. The van der Waals surface area contributed by atoms with Gasteiger partial charge in [0.25, 0.3) is 0 Å². The van der Waals surface area contributed by atoms with Crippen LogP contribution < -0.4 is 5.48 Å². The van der Waals surface area contributed by atoms with E-state index in [1.54, 1.807) is 0 Å². The molecule has 0 aromatic heterocycles. The van der Waals surface area contributed by atoms with Gasteiger partial charge in [-0.3, -0.25) is 4.90 Å². The van der Waals surface area contributed by atoms with E-state index >= 15 is 0 Å². The van der Waals surface area contributed by atoms with Crippen LogP contribution in [0.25, 0.3) is 0 Å². The molecule has 3 atom stereocenters. The van der Waals surface area contributed by atoms with Gasteiger partial charge < -0.3 is 4.84 Å². The Morgan fingerprint density at radius 3 is 3.33 bits per heavy atom. The van der Waals surface area contributed by atoms with Crippen molar-refractivity contribution in [1.82, 2.24) is 10.4 Å². The summed E-state index contributed by atoms with van der Waals surface area (Å²) in [6.07, 6.45) is 4.22. The fraction of sp³-hybridized carbons (Fsp3) is 1.00. The molecule has 68 valence electrons. The minimum Gasteiger partial charge on any atom is -0.301 e. The molecule has 12 heavy (non-hydrogen) atoms. The Hall–Kier alpha value is -0.120. The predicted molar refractivity (Wildman–Crippen MR) is 45.6 cm³/mol. The standard InChI is InChI=1S/C9H16N2O/c1-2-4-11-5-8-7(6-12-10-8)9(11)3-1/h7-10H,1-6H2/t7-,8-,9+/m0/s1. The molecule has 3 aliphatic heterocycles. The van der Waals surface area contributed by atoms with Crippen molar-refractivity contribution in [3.05, 3.63) is 0 Å². The summed E-state index contributed by atoms with van der Waals surface area (Å²) in [6, 6.07) is 1.46. The minimum atomic E-state index is 0.632. The molecule has 0 aromatic rings. The van der Waals surface area contributed by atoms with Crippen LogP contribution in [0.5, 0.6) is 0 Å². The Labute approximate surface area is 73.0 Å². The van der Waals surface area contributed by atoms with Crippen molar-refractivity contribution in [2.75, 3.05) is 19.7 Å². The molecule has 0 spiro atoms. The number of fused-ring (bicyclic) bond motifs is 3. The zero-order valence-corrected chi connectivity index (χ0v) is 7.33. The van der Waals surface area contributed by atoms with E-state index in [9.17, 15) is 0 Å². The lowest BCUT2D eigenvalue weighted by atomic mass is 9.92. The first-order valence-corrected chi connectivity index (χ1v) is 5.06. The molecule has 0 amide bonds. The van der Waals surface area contributed by atoms with Crippen molar-refractivity contribution in [3.8, 4) is 0 Å². The van der Waals surface area contributed by atoms with Crippen molar-refractivity contribution >= 4 is 0 Å². The number of hydroxylamine groups is 1. The molecule has 0 aromatic carbocycles. The van der Waals surface area contributed by atoms with Crippen LogP contribution in [0.2, 0.25) is 0 Å². The van der Waals surface area contributed by atoms with Gasteiger partial charge in [0.05, 0.1) is 12.6 Å². The minimum absolute atomic E-state index is 0.632. The van der Waals surface area contributed by atoms with E-state index in [0.29, 0.717) is 6.04 Å². The highest BCUT2D eigenvalue weighted by Crippen LogP contribution is 2.34. The van der Waals surface area contributed by atoms with Crippen LogP contribution in [0, 0.1) is 5.92 Å². The Kier molecular flexibility index (Phi) is 1.63. The van der Waals surface area contributed by atoms with E-state index in [1.165, 1.54) is 32.4 Å². The summed E-state index contributed by atoms with van der Waals surface area (Å²) in [4.78, 5) is 7.93.